The maximum atomic E-state index is 12.3. The number of thioether (sulfide) groups is 1. The molecule has 12 heteroatoms. The van der Waals surface area contributed by atoms with Gasteiger partial charge in [0.05, 0.1) is 5.75 Å². The summed E-state index contributed by atoms with van der Waals surface area (Å²) >= 11 is 2.60. The number of carbonyl (C=O) groups excluding carboxylic acids is 3. The van der Waals surface area contributed by atoms with Gasteiger partial charge in [0.15, 0.2) is 10.3 Å². The quantitative estimate of drug-likeness (QED) is 0.462. The van der Waals surface area contributed by atoms with Gasteiger partial charge in [0.25, 0.3) is 0 Å². The summed E-state index contributed by atoms with van der Waals surface area (Å²) in [5, 5.41) is 19.1. The van der Waals surface area contributed by atoms with E-state index in [4.69, 9.17) is 0 Å². The van der Waals surface area contributed by atoms with Gasteiger partial charge in [0.1, 0.15) is 5.82 Å². The topological polar surface area (TPSA) is 131 Å². The Morgan fingerprint density at radius 2 is 2.23 bits per heavy atom. The lowest BCUT2D eigenvalue weighted by molar-refractivity contribution is -0.121. The number of imide groups is 1. The summed E-state index contributed by atoms with van der Waals surface area (Å²) in [6.45, 7) is 1.98. The monoisotopic (exact) mass is 457 g/mol. The van der Waals surface area contributed by atoms with Crippen LogP contribution in [0.2, 0.25) is 0 Å². The number of nitrogens with one attached hydrogen (secondary N) is 3. The molecule has 31 heavy (non-hydrogen) atoms. The van der Waals surface area contributed by atoms with Crippen molar-refractivity contribution < 1.29 is 14.4 Å². The summed E-state index contributed by atoms with van der Waals surface area (Å²) in [7, 11) is 0. The zero-order valence-corrected chi connectivity index (χ0v) is 18.1. The summed E-state index contributed by atoms with van der Waals surface area (Å²) in [5.74, 6) is 0.195. The van der Waals surface area contributed by atoms with Crippen LogP contribution in [-0.2, 0) is 16.0 Å². The van der Waals surface area contributed by atoms with E-state index in [1.165, 1.54) is 23.1 Å². The van der Waals surface area contributed by atoms with E-state index >= 15 is 0 Å². The Kier molecular flexibility index (Phi) is 6.28. The van der Waals surface area contributed by atoms with Gasteiger partial charge in [0.2, 0.25) is 11.8 Å². The number of benzene rings is 1. The van der Waals surface area contributed by atoms with E-state index in [1.54, 1.807) is 11.6 Å². The number of hydrogen-bond donors (Lipinski definition) is 3. The molecule has 0 saturated carbocycles. The molecule has 3 N–H and O–H groups in total. The molecule has 1 aliphatic rings. The van der Waals surface area contributed by atoms with Crippen LogP contribution in [0.4, 0.5) is 9.93 Å². The van der Waals surface area contributed by atoms with Crippen molar-refractivity contribution in [2.75, 3.05) is 11.1 Å². The molecule has 1 aliphatic heterocycles. The van der Waals surface area contributed by atoms with Gasteiger partial charge in [-0.05, 0) is 24.6 Å². The van der Waals surface area contributed by atoms with Gasteiger partial charge < -0.3 is 10.6 Å². The minimum absolute atomic E-state index is 0.131. The second-order valence-electron chi connectivity index (χ2n) is 6.87. The van der Waals surface area contributed by atoms with Crippen LogP contribution in [-0.4, -0.2) is 49.4 Å². The molecular formula is C19H19N7O3S2. The second-order valence-corrected chi connectivity index (χ2v) is 8.71. The Morgan fingerprint density at radius 1 is 1.35 bits per heavy atom. The van der Waals surface area contributed by atoms with Crippen LogP contribution in [0.25, 0.3) is 5.69 Å². The third kappa shape index (κ3) is 5.27. The summed E-state index contributed by atoms with van der Waals surface area (Å²) in [6, 6.07) is 6.91. The van der Waals surface area contributed by atoms with Crippen LogP contribution in [0.5, 0.6) is 0 Å². The Balaban J connectivity index is 1.55. The van der Waals surface area contributed by atoms with Crippen molar-refractivity contribution in [3.63, 3.8) is 0 Å². The third-order valence-corrected chi connectivity index (χ3v) is 6.04. The molecule has 0 radical (unpaired) electrons. The van der Waals surface area contributed by atoms with Crippen LogP contribution in [0.1, 0.15) is 17.8 Å². The first kappa shape index (κ1) is 21.0. The average molecular weight is 458 g/mol. The molecule has 1 fully saturated rings. The summed E-state index contributed by atoms with van der Waals surface area (Å²) in [4.78, 5) is 39.7. The minimum Gasteiger partial charge on any atom is -0.334 e. The van der Waals surface area contributed by atoms with Crippen molar-refractivity contribution in [2.24, 2.45) is 0 Å². The lowest BCUT2D eigenvalue weighted by Gasteiger charge is -2.23. The third-order valence-electron chi connectivity index (χ3n) is 4.42. The lowest BCUT2D eigenvalue weighted by Crippen LogP contribution is -2.53. The Morgan fingerprint density at radius 3 is 2.97 bits per heavy atom. The Hall–Kier alpha value is -3.25. The number of aromatic nitrogens is 4. The van der Waals surface area contributed by atoms with Crippen LogP contribution in [0.15, 0.2) is 41.0 Å². The predicted octanol–water partition coefficient (Wildman–Crippen LogP) is 1.90. The van der Waals surface area contributed by atoms with Crippen LogP contribution >= 0.6 is 23.1 Å². The first-order valence-corrected chi connectivity index (χ1v) is 11.3. The van der Waals surface area contributed by atoms with Crippen LogP contribution in [0.3, 0.4) is 0 Å². The maximum absolute atomic E-state index is 12.3. The van der Waals surface area contributed by atoms with Crippen molar-refractivity contribution in [3.8, 4) is 5.69 Å². The molecule has 4 rings (SSSR count). The fourth-order valence-corrected chi connectivity index (χ4v) is 4.46. The molecule has 2 aromatic heterocycles. The number of hydrogen-bond acceptors (Lipinski definition) is 8. The summed E-state index contributed by atoms with van der Waals surface area (Å²) in [6.07, 6.45) is 2.11. The van der Waals surface area contributed by atoms with Gasteiger partial charge in [-0.15, -0.1) is 21.5 Å². The highest BCUT2D eigenvalue weighted by atomic mass is 32.2. The molecule has 3 aromatic rings. The average Bonchev–Trinajstić information content (AvgIpc) is 3.35. The van der Waals surface area contributed by atoms with E-state index in [0.29, 0.717) is 22.5 Å². The van der Waals surface area contributed by atoms with Gasteiger partial charge in [0, 0.05) is 36.1 Å². The van der Waals surface area contributed by atoms with Gasteiger partial charge >= 0.3 is 6.03 Å². The largest absolute Gasteiger partial charge is 0.334 e. The molecule has 0 spiro atoms. The Bertz CT molecular complexity index is 1100. The molecule has 10 nitrogen and oxygen atoms in total. The van der Waals surface area contributed by atoms with Crippen molar-refractivity contribution in [1.82, 2.24) is 30.4 Å². The zero-order chi connectivity index (χ0) is 21.8. The van der Waals surface area contributed by atoms with Crippen molar-refractivity contribution >= 4 is 46.1 Å². The van der Waals surface area contributed by atoms with E-state index in [-0.39, 0.29) is 30.0 Å². The molecule has 1 atom stereocenters. The molecule has 1 unspecified atom stereocenters. The number of amides is 4. The number of aryl methyl sites for hydroxylation is 1. The smallest absolute Gasteiger partial charge is 0.321 e. The van der Waals surface area contributed by atoms with E-state index < -0.39 is 6.03 Å². The highest BCUT2D eigenvalue weighted by molar-refractivity contribution is 7.99. The SMILES string of the molecule is Cc1cccc(-n2c(CC3CC(=O)NC(=O)N3)nnc2SCC(=O)Nc2nccs2)c1. The van der Waals surface area contributed by atoms with Gasteiger partial charge in [-0.25, -0.2) is 9.78 Å². The highest BCUT2D eigenvalue weighted by Gasteiger charge is 2.27. The first-order valence-electron chi connectivity index (χ1n) is 9.42. The predicted molar refractivity (Wildman–Crippen MR) is 116 cm³/mol. The number of urea groups is 1. The summed E-state index contributed by atoms with van der Waals surface area (Å²) < 4.78 is 1.85. The van der Waals surface area contributed by atoms with Crippen LogP contribution in [0, 0.1) is 6.92 Å². The van der Waals surface area contributed by atoms with Crippen molar-refractivity contribution in [3.05, 3.63) is 47.2 Å². The fraction of sp³-hybridized carbons (Fsp3) is 0.263. The van der Waals surface area contributed by atoms with E-state index in [0.717, 1.165) is 11.3 Å². The molecule has 3 heterocycles. The number of thiazole rings is 1. The molecule has 0 aliphatic carbocycles. The fourth-order valence-electron chi connectivity index (χ4n) is 3.14. The molecular weight excluding hydrogens is 438 g/mol. The molecule has 4 amide bonds. The normalized spacial score (nSPS) is 16.0. The summed E-state index contributed by atoms with van der Waals surface area (Å²) in [5.41, 5.74) is 1.90. The Labute approximate surface area is 185 Å². The van der Waals surface area contributed by atoms with E-state index in [9.17, 15) is 14.4 Å². The van der Waals surface area contributed by atoms with E-state index in [1.807, 2.05) is 35.8 Å². The second kappa shape index (κ2) is 9.27. The molecule has 0 bridgehead atoms. The molecule has 160 valence electrons. The van der Waals surface area contributed by atoms with Gasteiger partial charge in [-0.2, -0.15) is 0 Å². The van der Waals surface area contributed by atoms with Gasteiger partial charge in [-0.3, -0.25) is 19.5 Å². The first-order chi connectivity index (χ1) is 15.0. The van der Waals surface area contributed by atoms with Crippen molar-refractivity contribution in [2.45, 2.75) is 31.0 Å². The molecule has 1 aromatic carbocycles. The number of rotatable bonds is 7. The number of anilines is 1. The maximum Gasteiger partial charge on any atom is 0.321 e. The number of nitrogens with zero attached hydrogens (tertiary/aromatic N) is 4. The standard InChI is InChI=1S/C19H19N7O3S2/c1-11-3-2-4-13(7-11)26-14(8-12-9-15(27)22-17(29)21-12)24-25-19(26)31-10-16(28)23-18-20-5-6-30-18/h2-7,12H,8-10H2,1H3,(H,20,23,28)(H2,21,22,27,29). The highest BCUT2D eigenvalue weighted by Crippen LogP contribution is 2.24. The van der Waals surface area contributed by atoms with Gasteiger partial charge in [-0.1, -0.05) is 23.9 Å². The van der Waals surface area contributed by atoms with Crippen LogP contribution < -0.4 is 16.0 Å². The van der Waals surface area contributed by atoms with E-state index in [2.05, 4.69) is 31.1 Å². The minimum atomic E-state index is -0.517. The number of carbonyl (C=O) groups is 3. The molecule has 1 saturated heterocycles. The van der Waals surface area contributed by atoms with Crippen molar-refractivity contribution in [1.29, 1.82) is 0 Å². The lowest BCUT2D eigenvalue weighted by atomic mass is 10.1. The zero-order valence-electron chi connectivity index (χ0n) is 16.5.